The molecule has 2 aromatic heterocycles. The highest BCUT2D eigenvalue weighted by atomic mass is 16.5. The van der Waals surface area contributed by atoms with Gasteiger partial charge in [-0.15, -0.1) is 5.10 Å². The molecule has 1 N–H and O–H groups in total. The third-order valence-electron chi connectivity index (χ3n) is 2.58. The van der Waals surface area contributed by atoms with E-state index in [4.69, 9.17) is 4.74 Å². The summed E-state index contributed by atoms with van der Waals surface area (Å²) in [5.41, 5.74) is 1.32. The second-order valence-electron chi connectivity index (χ2n) is 4.28. The molecule has 7 heteroatoms. The second-order valence-corrected chi connectivity index (χ2v) is 4.28. The van der Waals surface area contributed by atoms with Crippen LogP contribution in [0.4, 0.5) is 0 Å². The minimum atomic E-state index is -0.609. The van der Waals surface area contributed by atoms with Crippen LogP contribution in [0.1, 0.15) is 24.3 Å². The third-order valence-corrected chi connectivity index (χ3v) is 2.58. The number of aliphatic hydroxyl groups excluding tert-OH is 1. The molecule has 0 fully saturated rings. The average Bonchev–Trinajstić information content (AvgIpc) is 2.83. The van der Waals surface area contributed by atoms with E-state index in [2.05, 4.69) is 15.3 Å². The highest BCUT2D eigenvalue weighted by Crippen LogP contribution is 2.22. The Bertz CT molecular complexity index is 581. The molecule has 0 aliphatic heterocycles. The van der Waals surface area contributed by atoms with E-state index < -0.39 is 12.1 Å². The highest BCUT2D eigenvalue weighted by Gasteiger charge is 2.22. The van der Waals surface area contributed by atoms with Crippen LogP contribution in [0.2, 0.25) is 0 Å². The zero-order valence-corrected chi connectivity index (χ0v) is 11.4. The number of pyridine rings is 1. The molecule has 2 heterocycles. The van der Waals surface area contributed by atoms with Gasteiger partial charge in [-0.25, -0.2) is 9.48 Å². The fraction of sp³-hybridized carbons (Fsp3) is 0.385. The molecular formula is C13H16N4O3. The fourth-order valence-electron chi connectivity index (χ4n) is 1.82. The quantitative estimate of drug-likeness (QED) is 0.816. The first-order valence-electron chi connectivity index (χ1n) is 6.32. The van der Waals surface area contributed by atoms with E-state index >= 15 is 0 Å². The monoisotopic (exact) mass is 276 g/mol. The van der Waals surface area contributed by atoms with Gasteiger partial charge in [0.1, 0.15) is 5.69 Å². The van der Waals surface area contributed by atoms with Gasteiger partial charge in [-0.05, 0) is 26.0 Å². The minimum absolute atomic E-state index is 0.125. The SMILES string of the molecule is CCOC(=O)c1nnn(CC(C)O)c1-c1cccnc1. The summed E-state index contributed by atoms with van der Waals surface area (Å²) in [5.74, 6) is -0.539. The summed E-state index contributed by atoms with van der Waals surface area (Å²) in [6.07, 6.45) is 2.64. The largest absolute Gasteiger partial charge is 0.461 e. The first-order valence-corrected chi connectivity index (χ1v) is 6.32. The van der Waals surface area contributed by atoms with Crippen LogP contribution in [0.3, 0.4) is 0 Å². The Morgan fingerprint density at radius 1 is 1.55 bits per heavy atom. The lowest BCUT2D eigenvalue weighted by molar-refractivity contribution is 0.0520. The summed E-state index contributed by atoms with van der Waals surface area (Å²) in [5, 5.41) is 17.3. The average molecular weight is 276 g/mol. The van der Waals surface area contributed by atoms with Crippen molar-refractivity contribution in [3.63, 3.8) is 0 Å². The van der Waals surface area contributed by atoms with Gasteiger partial charge in [-0.1, -0.05) is 5.21 Å². The topological polar surface area (TPSA) is 90.1 Å². The number of carbonyl (C=O) groups excluding carboxylic acids is 1. The lowest BCUT2D eigenvalue weighted by Gasteiger charge is -2.09. The van der Waals surface area contributed by atoms with Crippen molar-refractivity contribution in [3.05, 3.63) is 30.2 Å². The van der Waals surface area contributed by atoms with Gasteiger partial charge in [0, 0.05) is 18.0 Å². The molecule has 0 saturated carbocycles. The van der Waals surface area contributed by atoms with E-state index in [1.807, 2.05) is 0 Å². The summed E-state index contributed by atoms with van der Waals surface area (Å²) < 4.78 is 6.45. The van der Waals surface area contributed by atoms with E-state index in [9.17, 15) is 9.90 Å². The van der Waals surface area contributed by atoms with E-state index in [-0.39, 0.29) is 18.8 Å². The number of hydrogen-bond donors (Lipinski definition) is 1. The Morgan fingerprint density at radius 3 is 2.95 bits per heavy atom. The Labute approximate surface area is 116 Å². The molecule has 0 aromatic carbocycles. The van der Waals surface area contributed by atoms with Crippen LogP contribution in [0.15, 0.2) is 24.5 Å². The molecule has 0 saturated heterocycles. The Hall–Kier alpha value is -2.28. The van der Waals surface area contributed by atoms with Crippen molar-refractivity contribution in [2.24, 2.45) is 0 Å². The molecule has 1 atom stereocenters. The molecule has 2 rings (SSSR count). The van der Waals surface area contributed by atoms with E-state index in [0.717, 1.165) is 0 Å². The summed E-state index contributed by atoms with van der Waals surface area (Å²) in [4.78, 5) is 15.9. The molecule has 0 amide bonds. The first kappa shape index (κ1) is 14.1. The number of esters is 1. The Morgan fingerprint density at radius 2 is 2.35 bits per heavy atom. The maximum absolute atomic E-state index is 11.9. The molecule has 0 aliphatic rings. The van der Waals surface area contributed by atoms with Gasteiger partial charge >= 0.3 is 5.97 Å². The van der Waals surface area contributed by atoms with Crippen LogP contribution in [0, 0.1) is 0 Å². The number of nitrogens with zero attached hydrogens (tertiary/aromatic N) is 4. The highest BCUT2D eigenvalue weighted by molar-refractivity contribution is 5.93. The van der Waals surface area contributed by atoms with Gasteiger partial charge in [0.05, 0.1) is 19.3 Å². The Balaban J connectivity index is 2.48. The lowest BCUT2D eigenvalue weighted by Crippen LogP contribution is -2.15. The van der Waals surface area contributed by atoms with E-state index in [1.165, 1.54) is 4.68 Å². The maximum Gasteiger partial charge on any atom is 0.361 e. The fourth-order valence-corrected chi connectivity index (χ4v) is 1.82. The number of hydrogen-bond acceptors (Lipinski definition) is 6. The smallest absolute Gasteiger partial charge is 0.361 e. The minimum Gasteiger partial charge on any atom is -0.461 e. The summed E-state index contributed by atoms with van der Waals surface area (Å²) in [6.45, 7) is 3.85. The number of aromatic nitrogens is 4. The number of rotatable bonds is 5. The third kappa shape index (κ3) is 3.00. The van der Waals surface area contributed by atoms with E-state index in [0.29, 0.717) is 11.3 Å². The first-order chi connectivity index (χ1) is 9.63. The summed E-state index contributed by atoms with van der Waals surface area (Å²) in [7, 11) is 0. The Kier molecular flexibility index (Phi) is 4.41. The molecule has 20 heavy (non-hydrogen) atoms. The molecule has 106 valence electrons. The molecular weight excluding hydrogens is 260 g/mol. The molecule has 0 aliphatic carbocycles. The normalized spacial score (nSPS) is 12.2. The van der Waals surface area contributed by atoms with E-state index in [1.54, 1.807) is 38.4 Å². The predicted octanol–water partition coefficient (Wildman–Crippen LogP) is 0.898. The maximum atomic E-state index is 11.9. The van der Waals surface area contributed by atoms with Crippen molar-refractivity contribution in [2.75, 3.05) is 6.61 Å². The molecule has 0 bridgehead atoms. The summed E-state index contributed by atoms with van der Waals surface area (Å²) >= 11 is 0. The van der Waals surface area contributed by atoms with Crippen molar-refractivity contribution in [2.45, 2.75) is 26.5 Å². The standard InChI is InChI=1S/C13H16N4O3/c1-3-20-13(19)11-12(10-5-4-6-14-7-10)17(16-15-11)8-9(2)18/h4-7,9,18H,3,8H2,1-2H3. The summed E-state index contributed by atoms with van der Waals surface area (Å²) in [6, 6.07) is 3.55. The predicted molar refractivity (Wildman–Crippen MR) is 70.9 cm³/mol. The van der Waals surface area contributed by atoms with Crippen LogP contribution in [-0.2, 0) is 11.3 Å². The zero-order chi connectivity index (χ0) is 14.5. The van der Waals surface area contributed by atoms with Gasteiger partial charge in [0.15, 0.2) is 5.69 Å². The number of ether oxygens (including phenoxy) is 1. The van der Waals surface area contributed by atoms with Gasteiger partial charge < -0.3 is 9.84 Å². The van der Waals surface area contributed by atoms with Crippen LogP contribution in [0.25, 0.3) is 11.3 Å². The van der Waals surface area contributed by atoms with Gasteiger partial charge in [-0.3, -0.25) is 4.98 Å². The lowest BCUT2D eigenvalue weighted by atomic mass is 10.1. The van der Waals surface area contributed by atoms with Crippen LogP contribution in [0.5, 0.6) is 0 Å². The number of carbonyl (C=O) groups is 1. The van der Waals surface area contributed by atoms with Crippen LogP contribution >= 0.6 is 0 Å². The van der Waals surface area contributed by atoms with Gasteiger partial charge in [0.25, 0.3) is 0 Å². The van der Waals surface area contributed by atoms with Crippen LogP contribution < -0.4 is 0 Å². The molecule has 0 radical (unpaired) electrons. The molecule has 1 unspecified atom stereocenters. The van der Waals surface area contributed by atoms with Crippen molar-refractivity contribution in [1.82, 2.24) is 20.0 Å². The molecule has 0 spiro atoms. The molecule has 2 aromatic rings. The van der Waals surface area contributed by atoms with Crippen molar-refractivity contribution < 1.29 is 14.6 Å². The molecule has 7 nitrogen and oxygen atoms in total. The van der Waals surface area contributed by atoms with Gasteiger partial charge in [0.2, 0.25) is 0 Å². The zero-order valence-electron chi connectivity index (χ0n) is 11.4. The second kappa shape index (κ2) is 6.25. The van der Waals surface area contributed by atoms with Gasteiger partial charge in [-0.2, -0.15) is 0 Å². The van der Waals surface area contributed by atoms with Crippen LogP contribution in [-0.4, -0.2) is 43.8 Å². The number of aliphatic hydroxyl groups is 1. The van der Waals surface area contributed by atoms with Crippen molar-refractivity contribution in [3.8, 4) is 11.3 Å². The van der Waals surface area contributed by atoms with Crippen molar-refractivity contribution in [1.29, 1.82) is 0 Å². The van der Waals surface area contributed by atoms with Crippen molar-refractivity contribution >= 4 is 5.97 Å².